The van der Waals surface area contributed by atoms with Gasteiger partial charge in [-0.1, -0.05) is 0 Å². The van der Waals surface area contributed by atoms with Crippen LogP contribution in [0.2, 0.25) is 0 Å². The van der Waals surface area contributed by atoms with E-state index in [1.54, 1.807) is 0 Å². The maximum atomic E-state index is 13.1. The maximum absolute atomic E-state index is 13.1. The van der Waals surface area contributed by atoms with Gasteiger partial charge >= 0.3 is 5.63 Å². The summed E-state index contributed by atoms with van der Waals surface area (Å²) in [7, 11) is -4.27. The molecular weight excluding hydrogens is 428 g/mol. The number of hydrogen-bond donors (Lipinski definition) is 1. The molecule has 0 saturated heterocycles. The highest BCUT2D eigenvalue weighted by molar-refractivity contribution is 7.91. The summed E-state index contributed by atoms with van der Waals surface area (Å²) in [6, 6.07) is 14.4. The molecule has 0 unspecified atom stereocenters. The van der Waals surface area contributed by atoms with Crippen molar-refractivity contribution >= 4 is 32.4 Å². The molecule has 156 valence electrons. The third-order valence-corrected chi connectivity index (χ3v) is 6.23. The van der Waals surface area contributed by atoms with Gasteiger partial charge < -0.3 is 9.73 Å². The second-order valence-electron chi connectivity index (χ2n) is 6.57. The minimum absolute atomic E-state index is 0.0846. The van der Waals surface area contributed by atoms with Crippen LogP contribution in [0.3, 0.4) is 0 Å². The number of fused-ring (bicyclic) bond motifs is 1. The van der Waals surface area contributed by atoms with E-state index in [1.807, 2.05) is 0 Å². The zero-order valence-electron chi connectivity index (χ0n) is 15.6. The van der Waals surface area contributed by atoms with Gasteiger partial charge in [0, 0.05) is 16.6 Å². The molecule has 3 aromatic carbocycles. The second-order valence-corrected chi connectivity index (χ2v) is 8.49. The lowest BCUT2D eigenvalue weighted by molar-refractivity contribution is 0.102. The SMILES string of the molecule is O=C(Nc1ccc(F)cc1)c1ccc2oc(=O)c(S(=O)(=O)c3ccc(F)cc3)cc2c1. The van der Waals surface area contributed by atoms with Crippen LogP contribution in [0.1, 0.15) is 10.4 Å². The number of amides is 1. The fraction of sp³-hybridized carbons (Fsp3) is 0. The van der Waals surface area contributed by atoms with E-state index >= 15 is 0 Å². The lowest BCUT2D eigenvalue weighted by atomic mass is 10.1. The smallest absolute Gasteiger partial charge is 0.355 e. The number of anilines is 1. The molecule has 0 atom stereocenters. The summed E-state index contributed by atoms with van der Waals surface area (Å²) in [5.41, 5.74) is -0.469. The highest BCUT2D eigenvalue weighted by Gasteiger charge is 2.23. The molecule has 1 aromatic heterocycles. The molecule has 1 heterocycles. The normalized spacial score (nSPS) is 11.4. The summed E-state index contributed by atoms with van der Waals surface area (Å²) in [6.45, 7) is 0. The molecule has 9 heteroatoms. The largest absolute Gasteiger partial charge is 0.422 e. The Morgan fingerprint density at radius 2 is 1.45 bits per heavy atom. The lowest BCUT2D eigenvalue weighted by Crippen LogP contribution is -2.15. The van der Waals surface area contributed by atoms with Crippen LogP contribution in [-0.4, -0.2) is 14.3 Å². The molecule has 0 spiro atoms. The zero-order valence-corrected chi connectivity index (χ0v) is 16.5. The van der Waals surface area contributed by atoms with Gasteiger partial charge in [-0.2, -0.15) is 0 Å². The summed E-state index contributed by atoms with van der Waals surface area (Å²) in [5.74, 6) is -1.60. The second kappa shape index (κ2) is 7.77. The Morgan fingerprint density at radius 3 is 2.10 bits per heavy atom. The van der Waals surface area contributed by atoms with Crippen LogP contribution in [0, 0.1) is 11.6 Å². The first-order valence-electron chi connectivity index (χ1n) is 8.89. The number of hydrogen-bond acceptors (Lipinski definition) is 5. The standard InChI is InChI=1S/C22H13F2NO5S/c23-15-2-6-17(7-3-15)25-21(26)13-1-10-19-14(11-13)12-20(22(27)30-19)31(28,29)18-8-4-16(24)5-9-18/h1-12H,(H,25,26). The van der Waals surface area contributed by atoms with Crippen molar-refractivity contribution in [1.82, 2.24) is 0 Å². The van der Waals surface area contributed by atoms with Gasteiger partial charge in [0.15, 0.2) is 4.90 Å². The van der Waals surface area contributed by atoms with E-state index in [0.717, 1.165) is 30.3 Å². The number of carbonyl (C=O) groups is 1. The molecule has 0 aliphatic carbocycles. The number of halogens is 2. The third kappa shape index (κ3) is 4.08. The van der Waals surface area contributed by atoms with E-state index in [4.69, 9.17) is 4.42 Å². The Balaban J connectivity index is 1.73. The van der Waals surface area contributed by atoms with Crippen molar-refractivity contribution in [2.75, 3.05) is 5.32 Å². The molecule has 0 fully saturated rings. The maximum Gasteiger partial charge on any atom is 0.355 e. The molecule has 0 aliphatic heterocycles. The van der Waals surface area contributed by atoms with Gasteiger partial charge in [0.1, 0.15) is 17.2 Å². The van der Waals surface area contributed by atoms with Gasteiger partial charge in [-0.25, -0.2) is 22.0 Å². The van der Waals surface area contributed by atoms with Gasteiger partial charge in [0.05, 0.1) is 4.90 Å². The third-order valence-electron chi connectivity index (χ3n) is 4.48. The quantitative estimate of drug-likeness (QED) is 0.379. The Hall–Kier alpha value is -3.85. The van der Waals surface area contributed by atoms with Gasteiger partial charge in [-0.15, -0.1) is 0 Å². The van der Waals surface area contributed by atoms with Gasteiger partial charge in [-0.05, 0) is 72.8 Å². The topological polar surface area (TPSA) is 93.4 Å². The Bertz CT molecular complexity index is 1460. The van der Waals surface area contributed by atoms with Crippen LogP contribution < -0.4 is 10.9 Å². The van der Waals surface area contributed by atoms with Gasteiger partial charge in [-0.3, -0.25) is 4.79 Å². The Kier molecular flexibility index (Phi) is 5.12. The fourth-order valence-corrected chi connectivity index (χ4v) is 4.20. The monoisotopic (exact) mass is 441 g/mol. The minimum atomic E-state index is -4.27. The van der Waals surface area contributed by atoms with Crippen LogP contribution in [0.4, 0.5) is 14.5 Å². The minimum Gasteiger partial charge on any atom is -0.422 e. The van der Waals surface area contributed by atoms with Crippen LogP contribution >= 0.6 is 0 Å². The molecule has 4 aromatic rings. The summed E-state index contributed by atoms with van der Waals surface area (Å²) < 4.78 is 56.9. The highest BCUT2D eigenvalue weighted by atomic mass is 32.2. The summed E-state index contributed by atoms with van der Waals surface area (Å²) in [4.78, 5) is 23.9. The molecule has 1 N–H and O–H groups in total. The van der Waals surface area contributed by atoms with Crippen molar-refractivity contribution in [2.45, 2.75) is 9.79 Å². The first-order chi connectivity index (χ1) is 14.7. The van der Waals surface area contributed by atoms with E-state index in [1.165, 1.54) is 42.5 Å². The lowest BCUT2D eigenvalue weighted by Gasteiger charge is -2.07. The Labute approximate surface area is 174 Å². The van der Waals surface area contributed by atoms with Crippen molar-refractivity contribution in [3.8, 4) is 0 Å². The molecule has 6 nitrogen and oxygen atoms in total. The summed E-state index contributed by atoms with van der Waals surface area (Å²) in [6.07, 6.45) is 0. The summed E-state index contributed by atoms with van der Waals surface area (Å²) >= 11 is 0. The summed E-state index contributed by atoms with van der Waals surface area (Å²) in [5, 5.41) is 2.79. The number of rotatable bonds is 4. The first-order valence-corrected chi connectivity index (χ1v) is 10.4. The van der Waals surface area contributed by atoms with Gasteiger partial charge in [0.25, 0.3) is 5.91 Å². The van der Waals surface area contributed by atoms with E-state index in [-0.39, 0.29) is 21.4 Å². The molecule has 4 rings (SSSR count). The molecule has 1 amide bonds. The molecule has 0 bridgehead atoms. The molecule has 0 aliphatic rings. The number of sulfone groups is 1. The number of nitrogens with one attached hydrogen (secondary N) is 1. The van der Waals surface area contributed by atoms with E-state index in [2.05, 4.69) is 5.32 Å². The molecule has 31 heavy (non-hydrogen) atoms. The molecule has 0 saturated carbocycles. The molecule has 0 radical (unpaired) electrons. The number of benzene rings is 3. The Morgan fingerprint density at radius 1 is 0.839 bits per heavy atom. The predicted molar refractivity (Wildman–Crippen MR) is 109 cm³/mol. The first kappa shape index (κ1) is 20.4. The van der Waals surface area contributed by atoms with Gasteiger partial charge in [0.2, 0.25) is 9.84 Å². The zero-order chi connectivity index (χ0) is 22.2. The van der Waals surface area contributed by atoms with E-state index < -0.39 is 37.9 Å². The van der Waals surface area contributed by atoms with Crippen LogP contribution in [0.25, 0.3) is 11.0 Å². The predicted octanol–water partition coefficient (Wildman–Crippen LogP) is 4.16. The van der Waals surface area contributed by atoms with Crippen molar-refractivity contribution in [3.63, 3.8) is 0 Å². The van der Waals surface area contributed by atoms with Crippen LogP contribution in [-0.2, 0) is 9.84 Å². The number of carbonyl (C=O) groups excluding carboxylic acids is 1. The van der Waals surface area contributed by atoms with Crippen molar-refractivity contribution in [1.29, 1.82) is 0 Å². The van der Waals surface area contributed by atoms with Crippen molar-refractivity contribution in [3.05, 3.63) is 100 Å². The van der Waals surface area contributed by atoms with E-state index in [0.29, 0.717) is 5.69 Å². The van der Waals surface area contributed by atoms with Crippen molar-refractivity contribution in [2.24, 2.45) is 0 Å². The average molecular weight is 441 g/mol. The average Bonchev–Trinajstić information content (AvgIpc) is 2.74. The highest BCUT2D eigenvalue weighted by Crippen LogP contribution is 2.23. The van der Waals surface area contributed by atoms with Crippen LogP contribution in [0.5, 0.6) is 0 Å². The van der Waals surface area contributed by atoms with Crippen molar-refractivity contribution < 1.29 is 26.4 Å². The van der Waals surface area contributed by atoms with Crippen LogP contribution in [0.15, 0.2) is 91.8 Å². The fourth-order valence-electron chi connectivity index (χ4n) is 2.91. The molecular formula is C22H13F2NO5S. The van der Waals surface area contributed by atoms with E-state index in [9.17, 15) is 26.8 Å².